The molecule has 2 heterocycles. The normalized spacial score (nSPS) is 15.7. The number of alkyl halides is 1. The third-order valence-corrected chi connectivity index (χ3v) is 7.48. The maximum atomic E-state index is 13.2. The fraction of sp³-hybridized carbons (Fsp3) is 0.421. The van der Waals surface area contributed by atoms with Gasteiger partial charge >= 0.3 is 5.69 Å². The van der Waals surface area contributed by atoms with Gasteiger partial charge in [0.2, 0.25) is 0 Å². The summed E-state index contributed by atoms with van der Waals surface area (Å²) in [5.41, 5.74) is -0.855. The van der Waals surface area contributed by atoms with E-state index in [9.17, 15) is 22.4 Å². The zero-order valence-corrected chi connectivity index (χ0v) is 16.9. The number of aryl methyl sites for hydroxylation is 2. The molecule has 0 N–H and O–H groups in total. The maximum absolute atomic E-state index is 13.2. The molecule has 0 spiro atoms. The molecule has 29 heavy (non-hydrogen) atoms. The number of hydrogen-bond acceptors (Lipinski definition) is 5. The van der Waals surface area contributed by atoms with Crippen molar-refractivity contribution in [3.63, 3.8) is 0 Å². The Balaban J connectivity index is 1.83. The fourth-order valence-electron chi connectivity index (χ4n) is 3.54. The van der Waals surface area contributed by atoms with E-state index in [1.807, 2.05) is 0 Å². The van der Waals surface area contributed by atoms with Crippen LogP contribution >= 0.6 is 0 Å². The monoisotopic (exact) mass is 420 g/mol. The maximum Gasteiger partial charge on any atom is 0.331 e. The zero-order chi connectivity index (χ0) is 21.0. The Morgan fingerprint density at radius 2 is 1.93 bits per heavy atom. The van der Waals surface area contributed by atoms with E-state index in [1.54, 1.807) is 24.1 Å². The number of rotatable bonds is 6. The van der Waals surface area contributed by atoms with Crippen LogP contribution in [0, 0.1) is 5.41 Å². The first kappa shape index (κ1) is 19.6. The summed E-state index contributed by atoms with van der Waals surface area (Å²) in [7, 11) is -0.500. The molecule has 4 rings (SSSR count). The minimum absolute atomic E-state index is 0.0250. The molecule has 0 unspecified atom stereocenters. The number of aromatic nitrogens is 4. The summed E-state index contributed by atoms with van der Waals surface area (Å²) in [6.45, 7) is -0.649. The molecule has 1 fully saturated rings. The van der Waals surface area contributed by atoms with Crippen molar-refractivity contribution in [1.29, 1.82) is 0 Å². The molecule has 2 aromatic heterocycles. The predicted molar refractivity (Wildman–Crippen MR) is 105 cm³/mol. The van der Waals surface area contributed by atoms with Crippen LogP contribution in [0.4, 0.5) is 4.39 Å². The first-order valence-electron chi connectivity index (χ1n) is 9.16. The lowest BCUT2D eigenvalue weighted by atomic mass is 10.2. The summed E-state index contributed by atoms with van der Waals surface area (Å²) in [5.74, 6) is -0.280. The van der Waals surface area contributed by atoms with Crippen LogP contribution in [0.25, 0.3) is 10.9 Å². The van der Waals surface area contributed by atoms with Crippen LogP contribution in [-0.4, -0.2) is 39.8 Å². The number of nitrogens with zero attached hydrogens (tertiary/aromatic N) is 4. The van der Waals surface area contributed by atoms with E-state index in [0.29, 0.717) is 23.9 Å². The lowest BCUT2D eigenvalue weighted by Gasteiger charge is -2.13. The Morgan fingerprint density at radius 1 is 1.21 bits per heavy atom. The molecule has 8 nitrogen and oxygen atoms in total. The van der Waals surface area contributed by atoms with Gasteiger partial charge in [0.15, 0.2) is 9.84 Å². The minimum atomic E-state index is -3.76. The molecule has 0 bridgehead atoms. The summed E-state index contributed by atoms with van der Waals surface area (Å²) >= 11 is 0. The highest BCUT2D eigenvalue weighted by Crippen LogP contribution is 2.47. The van der Waals surface area contributed by atoms with Crippen molar-refractivity contribution < 1.29 is 12.8 Å². The molecule has 1 aromatic carbocycles. The van der Waals surface area contributed by atoms with Crippen molar-refractivity contribution >= 4 is 20.7 Å². The Labute approximate surface area is 166 Å². The molecule has 1 aliphatic rings. The second-order valence-corrected chi connectivity index (χ2v) is 9.82. The number of sulfone groups is 1. The van der Waals surface area contributed by atoms with Gasteiger partial charge in [-0.2, -0.15) is 5.10 Å². The molecule has 10 heteroatoms. The van der Waals surface area contributed by atoms with Crippen molar-refractivity contribution in [3.05, 3.63) is 57.0 Å². The van der Waals surface area contributed by atoms with E-state index in [2.05, 4.69) is 5.10 Å². The Bertz CT molecular complexity index is 1330. The highest BCUT2D eigenvalue weighted by molar-refractivity contribution is 7.91. The smallest absolute Gasteiger partial charge is 0.296 e. The van der Waals surface area contributed by atoms with Crippen LogP contribution in [0.15, 0.2) is 45.1 Å². The molecule has 0 radical (unpaired) electrons. The van der Waals surface area contributed by atoms with Gasteiger partial charge in [-0.3, -0.25) is 23.0 Å². The van der Waals surface area contributed by atoms with Crippen LogP contribution in [0.1, 0.15) is 18.4 Å². The topological polar surface area (TPSA) is 96.0 Å². The van der Waals surface area contributed by atoms with Crippen LogP contribution < -0.4 is 11.2 Å². The van der Waals surface area contributed by atoms with Gasteiger partial charge in [-0.1, -0.05) is 0 Å². The largest absolute Gasteiger partial charge is 0.331 e. The quantitative estimate of drug-likeness (QED) is 0.593. The number of fused-ring (bicyclic) bond motifs is 1. The molecule has 0 atom stereocenters. The van der Waals surface area contributed by atoms with Crippen LogP contribution in [0.3, 0.4) is 0 Å². The van der Waals surface area contributed by atoms with Crippen LogP contribution in [0.5, 0.6) is 0 Å². The fourth-order valence-corrected chi connectivity index (χ4v) is 5.46. The number of benzene rings is 1. The molecular formula is C19H21FN4O4S. The average molecular weight is 420 g/mol. The van der Waals surface area contributed by atoms with Crippen LogP contribution in [0.2, 0.25) is 0 Å². The lowest BCUT2D eigenvalue weighted by Crippen LogP contribution is -2.39. The van der Waals surface area contributed by atoms with Crippen molar-refractivity contribution in [3.8, 4) is 0 Å². The summed E-state index contributed by atoms with van der Waals surface area (Å²) in [4.78, 5) is 25.6. The van der Waals surface area contributed by atoms with Crippen LogP contribution in [-0.2, 0) is 30.5 Å². The molecule has 1 aliphatic carbocycles. The van der Waals surface area contributed by atoms with Crippen molar-refractivity contribution in [1.82, 2.24) is 18.9 Å². The van der Waals surface area contributed by atoms with Crippen molar-refractivity contribution in [2.45, 2.75) is 24.3 Å². The molecule has 3 aromatic rings. The van der Waals surface area contributed by atoms with E-state index in [-0.39, 0.29) is 22.6 Å². The summed E-state index contributed by atoms with van der Waals surface area (Å²) in [5, 5.41) is 4.16. The van der Waals surface area contributed by atoms with Gasteiger partial charge in [0, 0.05) is 31.3 Å². The first-order valence-corrected chi connectivity index (χ1v) is 10.8. The SMILES string of the molecule is Cn1cc(Cn2c(=O)c3cc(S(=O)(=O)CC4(CF)CC4)ccc3n(C)c2=O)cn1. The predicted octanol–water partition coefficient (Wildman–Crippen LogP) is 1.01. The van der Waals surface area contributed by atoms with E-state index in [4.69, 9.17) is 0 Å². The van der Waals surface area contributed by atoms with Crippen molar-refractivity contribution in [2.75, 3.05) is 12.4 Å². The van der Waals surface area contributed by atoms with Gasteiger partial charge in [-0.05, 0) is 31.0 Å². The first-order chi connectivity index (χ1) is 13.7. The molecule has 0 amide bonds. The number of hydrogen-bond donors (Lipinski definition) is 0. The Hall–Kier alpha value is -2.75. The zero-order valence-electron chi connectivity index (χ0n) is 16.1. The van der Waals surface area contributed by atoms with Crippen molar-refractivity contribution in [2.24, 2.45) is 19.5 Å². The second-order valence-electron chi connectivity index (χ2n) is 7.83. The van der Waals surface area contributed by atoms with Gasteiger partial charge in [-0.15, -0.1) is 0 Å². The lowest BCUT2D eigenvalue weighted by molar-refractivity contribution is 0.367. The highest BCUT2D eigenvalue weighted by atomic mass is 32.2. The summed E-state index contributed by atoms with van der Waals surface area (Å²) in [6.07, 6.45) is 4.34. The Morgan fingerprint density at radius 3 is 2.52 bits per heavy atom. The minimum Gasteiger partial charge on any atom is -0.296 e. The summed E-state index contributed by atoms with van der Waals surface area (Å²) < 4.78 is 42.7. The van der Waals surface area contributed by atoms with E-state index in [1.165, 1.54) is 29.8 Å². The Kier molecular flexibility index (Phi) is 4.49. The summed E-state index contributed by atoms with van der Waals surface area (Å²) in [6, 6.07) is 4.12. The van der Waals surface area contributed by atoms with Gasteiger partial charge < -0.3 is 0 Å². The molecule has 1 saturated carbocycles. The third kappa shape index (κ3) is 3.41. The molecule has 0 saturated heterocycles. The van der Waals surface area contributed by atoms with E-state index >= 15 is 0 Å². The second kappa shape index (κ2) is 6.65. The highest BCUT2D eigenvalue weighted by Gasteiger charge is 2.46. The third-order valence-electron chi connectivity index (χ3n) is 5.52. The van der Waals surface area contributed by atoms with E-state index in [0.717, 1.165) is 4.57 Å². The van der Waals surface area contributed by atoms with Gasteiger partial charge in [0.1, 0.15) is 0 Å². The van der Waals surface area contributed by atoms with E-state index < -0.39 is 33.2 Å². The molecule has 0 aliphatic heterocycles. The number of halogens is 1. The molecule has 154 valence electrons. The average Bonchev–Trinajstić information content (AvgIpc) is 3.33. The van der Waals surface area contributed by atoms with Gasteiger partial charge in [0.25, 0.3) is 5.56 Å². The van der Waals surface area contributed by atoms with Gasteiger partial charge in [-0.25, -0.2) is 13.2 Å². The standard InChI is InChI=1S/C19H21FN4O4S/c1-22-9-13(8-21-22)10-24-17(25)15-7-14(3-4-16(15)23(2)18(24)26)29(27,28)12-19(11-20)5-6-19/h3-4,7-9H,5-6,10-12H2,1-2H3. The molecular weight excluding hydrogens is 399 g/mol. The van der Waals surface area contributed by atoms with Gasteiger partial charge in [0.05, 0.1) is 41.0 Å².